The van der Waals surface area contributed by atoms with Crippen LogP contribution in [0.25, 0.3) is 0 Å². The summed E-state index contributed by atoms with van der Waals surface area (Å²) in [7, 11) is 0. The molecule has 2 aliphatic carbocycles. The molecule has 1 aromatic rings. The molecule has 132 valence electrons. The lowest BCUT2D eigenvalue weighted by molar-refractivity contribution is -0.143. The number of hydrogen-bond donors (Lipinski definition) is 0. The molecule has 3 rings (SSSR count). The van der Waals surface area contributed by atoms with E-state index < -0.39 is 0 Å². The van der Waals surface area contributed by atoms with Gasteiger partial charge in [0.1, 0.15) is 5.78 Å². The molecule has 0 saturated heterocycles. The zero-order valence-electron chi connectivity index (χ0n) is 15.7. The predicted molar refractivity (Wildman–Crippen MR) is 98.0 cm³/mol. The van der Waals surface area contributed by atoms with Gasteiger partial charge in [-0.1, -0.05) is 37.3 Å². The quantitative estimate of drug-likeness (QED) is 0.759. The van der Waals surface area contributed by atoms with E-state index in [1.165, 1.54) is 5.56 Å². The summed E-state index contributed by atoms with van der Waals surface area (Å²) in [6.07, 6.45) is 6.28. The highest BCUT2D eigenvalue weighted by atomic mass is 16.5. The van der Waals surface area contributed by atoms with Gasteiger partial charge in [0.15, 0.2) is 0 Å². The predicted octanol–water partition coefficient (Wildman–Crippen LogP) is 5.20. The number of rotatable bonds is 4. The molecular formula is C22H32O2. The Balaban J connectivity index is 1.72. The molecule has 0 amide bonds. The third-order valence-electron chi connectivity index (χ3n) is 6.21. The van der Waals surface area contributed by atoms with Crippen molar-refractivity contribution in [1.82, 2.24) is 0 Å². The van der Waals surface area contributed by atoms with Crippen LogP contribution in [-0.4, -0.2) is 17.5 Å². The van der Waals surface area contributed by atoms with Gasteiger partial charge in [-0.25, -0.2) is 0 Å². The van der Waals surface area contributed by atoms with Crippen molar-refractivity contribution >= 4 is 5.78 Å². The number of Topliss-reactive ketones (excluding diaryl/α,β-unsaturated/α-hetero) is 1. The van der Waals surface area contributed by atoms with Crippen molar-refractivity contribution in [3.8, 4) is 0 Å². The fourth-order valence-electron chi connectivity index (χ4n) is 4.99. The smallest absolute Gasteiger partial charge is 0.136 e. The van der Waals surface area contributed by atoms with Gasteiger partial charge in [-0.2, -0.15) is 0 Å². The molecule has 1 aromatic carbocycles. The second kappa shape index (κ2) is 6.63. The Bertz CT molecular complexity index is 571. The molecular weight excluding hydrogens is 296 g/mol. The Kier molecular flexibility index (Phi) is 4.88. The van der Waals surface area contributed by atoms with Crippen molar-refractivity contribution in [2.75, 3.05) is 0 Å². The fraction of sp³-hybridized carbons (Fsp3) is 0.682. The van der Waals surface area contributed by atoms with E-state index in [9.17, 15) is 4.79 Å². The Morgan fingerprint density at radius 2 is 1.88 bits per heavy atom. The van der Waals surface area contributed by atoms with E-state index >= 15 is 0 Å². The molecule has 24 heavy (non-hydrogen) atoms. The molecule has 0 heterocycles. The lowest BCUT2D eigenvalue weighted by Crippen LogP contribution is -2.46. The number of hydrogen-bond acceptors (Lipinski definition) is 2. The maximum Gasteiger partial charge on any atom is 0.136 e. The number of ether oxygens (including phenoxy) is 1. The Morgan fingerprint density at radius 1 is 1.17 bits per heavy atom. The van der Waals surface area contributed by atoms with Crippen molar-refractivity contribution in [2.45, 2.75) is 77.9 Å². The molecule has 2 aliphatic rings. The molecule has 0 N–H and O–H groups in total. The second-order valence-electron chi connectivity index (χ2n) is 9.01. The van der Waals surface area contributed by atoms with Crippen LogP contribution < -0.4 is 0 Å². The molecule has 0 aromatic heterocycles. The van der Waals surface area contributed by atoms with Gasteiger partial charge in [0.05, 0.1) is 11.7 Å². The number of aryl methyl sites for hydroxylation is 1. The van der Waals surface area contributed by atoms with Crippen molar-refractivity contribution in [3.63, 3.8) is 0 Å². The van der Waals surface area contributed by atoms with Crippen molar-refractivity contribution in [1.29, 1.82) is 0 Å². The zero-order chi connectivity index (χ0) is 17.4. The highest BCUT2D eigenvalue weighted by molar-refractivity contribution is 5.82. The first kappa shape index (κ1) is 17.7. The van der Waals surface area contributed by atoms with Crippen LogP contribution in [0.15, 0.2) is 30.3 Å². The summed E-state index contributed by atoms with van der Waals surface area (Å²) in [5.74, 6) is 1.21. The molecule has 0 spiro atoms. The van der Waals surface area contributed by atoms with Crippen LogP contribution in [0, 0.1) is 17.3 Å². The van der Waals surface area contributed by atoms with Gasteiger partial charge >= 0.3 is 0 Å². The van der Waals surface area contributed by atoms with Crippen molar-refractivity contribution in [2.24, 2.45) is 17.3 Å². The van der Waals surface area contributed by atoms with E-state index in [4.69, 9.17) is 4.74 Å². The Hall–Kier alpha value is -1.15. The van der Waals surface area contributed by atoms with Gasteiger partial charge in [0.2, 0.25) is 0 Å². The fourth-order valence-corrected chi connectivity index (χ4v) is 4.99. The first-order valence-corrected chi connectivity index (χ1v) is 9.54. The van der Waals surface area contributed by atoms with Crippen LogP contribution in [-0.2, 0) is 16.0 Å². The Labute approximate surface area is 147 Å². The van der Waals surface area contributed by atoms with Gasteiger partial charge in [-0.3, -0.25) is 4.79 Å². The monoisotopic (exact) mass is 328 g/mol. The van der Waals surface area contributed by atoms with Gasteiger partial charge in [-0.15, -0.1) is 0 Å². The average molecular weight is 328 g/mol. The normalized spacial score (nSPS) is 33.5. The van der Waals surface area contributed by atoms with Crippen LogP contribution in [0.1, 0.15) is 65.4 Å². The highest BCUT2D eigenvalue weighted by Crippen LogP contribution is 2.56. The van der Waals surface area contributed by atoms with Gasteiger partial charge in [0, 0.05) is 12.3 Å². The third kappa shape index (κ3) is 3.59. The topological polar surface area (TPSA) is 26.3 Å². The van der Waals surface area contributed by atoms with Crippen LogP contribution in [0.4, 0.5) is 0 Å². The van der Waals surface area contributed by atoms with E-state index in [-0.39, 0.29) is 16.9 Å². The van der Waals surface area contributed by atoms with E-state index in [2.05, 4.69) is 58.0 Å². The third-order valence-corrected chi connectivity index (χ3v) is 6.21. The largest absolute Gasteiger partial charge is 0.372 e. The van der Waals surface area contributed by atoms with E-state index in [1.807, 2.05) is 0 Å². The minimum Gasteiger partial charge on any atom is -0.372 e. The molecule has 0 aliphatic heterocycles. The highest BCUT2D eigenvalue weighted by Gasteiger charge is 2.54. The number of carbonyl (C=O) groups is 1. The average Bonchev–Trinajstić information content (AvgIpc) is 2.83. The molecule has 2 heteroatoms. The summed E-state index contributed by atoms with van der Waals surface area (Å²) < 4.78 is 6.41. The molecule has 4 atom stereocenters. The standard InChI is InChI=1S/C22H32O2/c1-21(2,3)24-20-13-12-18-17(19(23)14-15-22(18,20)4)11-10-16-8-6-5-7-9-16/h5-9,17-18,20H,10-15H2,1-4H3/t17?,18-,20-,22-/m0/s1. The van der Waals surface area contributed by atoms with Crippen LogP contribution in [0.3, 0.4) is 0 Å². The molecule has 1 unspecified atom stereocenters. The zero-order valence-corrected chi connectivity index (χ0v) is 15.7. The SMILES string of the molecule is CC(C)(C)O[C@H]1CC[C@H]2C(CCc3ccccc3)C(=O)CC[C@]12C. The summed E-state index contributed by atoms with van der Waals surface area (Å²) >= 11 is 0. The lowest BCUT2D eigenvalue weighted by atomic mass is 9.62. The first-order valence-electron chi connectivity index (χ1n) is 9.54. The molecule has 2 nitrogen and oxygen atoms in total. The van der Waals surface area contributed by atoms with Crippen LogP contribution >= 0.6 is 0 Å². The summed E-state index contributed by atoms with van der Waals surface area (Å²) in [5.41, 5.74) is 1.41. The van der Waals surface area contributed by atoms with Gasteiger partial charge in [-0.05, 0) is 69.8 Å². The second-order valence-corrected chi connectivity index (χ2v) is 9.01. The summed E-state index contributed by atoms with van der Waals surface area (Å²) in [4.78, 5) is 12.7. The van der Waals surface area contributed by atoms with Gasteiger partial charge in [0.25, 0.3) is 0 Å². The van der Waals surface area contributed by atoms with E-state index in [1.54, 1.807) is 0 Å². The molecule has 0 radical (unpaired) electrons. The minimum absolute atomic E-state index is 0.108. The van der Waals surface area contributed by atoms with E-state index in [0.717, 1.165) is 38.5 Å². The summed E-state index contributed by atoms with van der Waals surface area (Å²) in [6.45, 7) is 8.81. The van der Waals surface area contributed by atoms with E-state index in [0.29, 0.717) is 17.8 Å². The number of carbonyl (C=O) groups excluding carboxylic acids is 1. The maximum absolute atomic E-state index is 12.7. The first-order chi connectivity index (χ1) is 11.3. The van der Waals surface area contributed by atoms with Crippen LogP contribution in [0.2, 0.25) is 0 Å². The summed E-state index contributed by atoms with van der Waals surface area (Å²) in [5, 5.41) is 0. The number of fused-ring (bicyclic) bond motifs is 1. The lowest BCUT2D eigenvalue weighted by Gasteiger charge is -2.45. The number of ketones is 1. The maximum atomic E-state index is 12.7. The van der Waals surface area contributed by atoms with Crippen molar-refractivity contribution < 1.29 is 9.53 Å². The Morgan fingerprint density at radius 3 is 2.54 bits per heavy atom. The number of benzene rings is 1. The summed E-state index contributed by atoms with van der Waals surface area (Å²) in [6, 6.07) is 10.6. The molecule has 2 fully saturated rings. The van der Waals surface area contributed by atoms with Gasteiger partial charge < -0.3 is 4.74 Å². The molecule has 0 bridgehead atoms. The van der Waals surface area contributed by atoms with Crippen LogP contribution in [0.5, 0.6) is 0 Å². The minimum atomic E-state index is -0.108. The van der Waals surface area contributed by atoms with Crippen molar-refractivity contribution in [3.05, 3.63) is 35.9 Å². The molecule has 2 saturated carbocycles.